The molecule has 390 valence electrons. The summed E-state index contributed by atoms with van der Waals surface area (Å²) in [6.07, 6.45) is 66.6. The summed E-state index contributed by atoms with van der Waals surface area (Å²) in [6, 6.07) is 0. The predicted molar refractivity (Wildman–Crippen MR) is 309 cm³/mol. The van der Waals surface area contributed by atoms with Crippen LogP contribution in [-0.4, -0.2) is 0 Å². The molecule has 0 N–H and O–H groups in total. The van der Waals surface area contributed by atoms with E-state index in [1.807, 2.05) is 0 Å². The molecule has 2 atom stereocenters. The van der Waals surface area contributed by atoms with E-state index in [0.717, 1.165) is 32.1 Å². The zero-order valence-corrected chi connectivity index (χ0v) is 47.1. The standard InChI is InChI=1S/C68H118/c1-6-11-16-21-26-31-35-37-38-39-41-46-51-56-61-66-68(64-59-54-49-44-34-29-24-19-14-9-4,65-60-55-50-45-40-36-32-27-22-17-12-7-2)67(62-57-52-47-42-30-25-20-15-10-5)63-58-53-48-43-33-28-23-18-13-8-3/h67H,6-50,52-55,58,63H2,1-5H3. The van der Waals surface area contributed by atoms with Crippen molar-refractivity contribution < 1.29 is 0 Å². The molecule has 68 heavy (non-hydrogen) atoms. The fourth-order valence-corrected chi connectivity index (χ4v) is 9.52. The van der Waals surface area contributed by atoms with Crippen LogP contribution in [-0.2, 0) is 0 Å². The highest BCUT2D eigenvalue weighted by molar-refractivity contribution is 5.46. The van der Waals surface area contributed by atoms with Crippen molar-refractivity contribution >= 4 is 0 Å². The molecule has 0 bridgehead atoms. The molecule has 0 aromatic rings. The molecular weight excluding hydrogens is 817 g/mol. The average Bonchev–Trinajstić information content (AvgIpc) is 3.35. The summed E-state index contributed by atoms with van der Waals surface area (Å²) < 4.78 is 0. The Morgan fingerprint density at radius 3 is 0.794 bits per heavy atom. The Kier molecular flexibility index (Phi) is 55.5. The first-order chi connectivity index (χ1) is 33.7. The van der Waals surface area contributed by atoms with Crippen LogP contribution in [0.3, 0.4) is 0 Å². The van der Waals surface area contributed by atoms with Crippen molar-refractivity contribution in [3.05, 3.63) is 0 Å². The molecule has 0 heteroatoms. The number of hydrogen-bond donors (Lipinski definition) is 0. The third-order valence-corrected chi connectivity index (χ3v) is 14.2. The summed E-state index contributed by atoms with van der Waals surface area (Å²) in [5.74, 6) is 36.7. The summed E-state index contributed by atoms with van der Waals surface area (Å²) in [4.78, 5) is 0. The van der Waals surface area contributed by atoms with Gasteiger partial charge < -0.3 is 0 Å². The van der Waals surface area contributed by atoms with Crippen LogP contribution in [0.5, 0.6) is 0 Å². The second-order valence-electron chi connectivity index (χ2n) is 21.1. The van der Waals surface area contributed by atoms with Crippen molar-refractivity contribution in [1.29, 1.82) is 0 Å². The van der Waals surface area contributed by atoms with Crippen molar-refractivity contribution in [2.75, 3.05) is 0 Å². The van der Waals surface area contributed by atoms with Crippen molar-refractivity contribution in [3.63, 3.8) is 0 Å². The van der Waals surface area contributed by atoms with Gasteiger partial charge in [0.2, 0.25) is 0 Å². The lowest BCUT2D eigenvalue weighted by atomic mass is 9.74. The van der Waals surface area contributed by atoms with Gasteiger partial charge in [0.25, 0.3) is 0 Å². The van der Waals surface area contributed by atoms with Crippen LogP contribution in [0.4, 0.5) is 0 Å². The Balaban J connectivity index is 6.31. The molecule has 0 nitrogen and oxygen atoms in total. The van der Waals surface area contributed by atoms with Gasteiger partial charge in [0, 0.05) is 25.7 Å². The first-order valence-corrected chi connectivity index (χ1v) is 31.2. The van der Waals surface area contributed by atoms with Gasteiger partial charge in [-0.05, 0) is 43.9 Å². The van der Waals surface area contributed by atoms with Crippen LogP contribution in [0.2, 0.25) is 0 Å². The fourth-order valence-electron chi connectivity index (χ4n) is 9.52. The molecule has 0 amide bonds. The number of rotatable bonds is 48. The summed E-state index contributed by atoms with van der Waals surface area (Å²) in [5.41, 5.74) is -0.740. The van der Waals surface area contributed by atoms with Crippen molar-refractivity contribution in [2.45, 2.75) is 362 Å². The second-order valence-corrected chi connectivity index (χ2v) is 21.1. The maximum absolute atomic E-state index is 3.88. The summed E-state index contributed by atoms with van der Waals surface area (Å²) in [5, 5.41) is 0. The van der Waals surface area contributed by atoms with Gasteiger partial charge in [0.15, 0.2) is 5.41 Å². The SMILES string of the molecule is CCCCCCCCCC#CC(CCCCCCCCCCCC)C(C#CC#CCCCCCCCCCCCCC)(C#CCCCCCCCCCC)C#CCCCCCCCCCCCC. The third-order valence-electron chi connectivity index (χ3n) is 14.2. The van der Waals surface area contributed by atoms with Gasteiger partial charge in [0.1, 0.15) is 0 Å². The zero-order chi connectivity index (χ0) is 49.2. The summed E-state index contributed by atoms with van der Waals surface area (Å²) in [6.45, 7) is 11.5. The van der Waals surface area contributed by atoms with E-state index in [4.69, 9.17) is 0 Å². The first-order valence-electron chi connectivity index (χ1n) is 31.2. The van der Waals surface area contributed by atoms with E-state index in [2.05, 4.69) is 93.8 Å². The second kappa shape index (κ2) is 57.4. The van der Waals surface area contributed by atoms with Gasteiger partial charge in [-0.2, -0.15) is 0 Å². The molecule has 0 fully saturated rings. The molecule has 0 aliphatic heterocycles. The normalized spacial score (nSPS) is 12.0. The molecular formula is C68H118. The van der Waals surface area contributed by atoms with Gasteiger partial charge in [-0.1, -0.05) is 334 Å². The van der Waals surface area contributed by atoms with E-state index in [1.165, 1.54) is 295 Å². The quantitative estimate of drug-likeness (QED) is 0.0421. The largest absolute Gasteiger partial charge is 0.166 e. The Bertz CT molecular complexity index is 1340. The highest BCUT2D eigenvalue weighted by atomic mass is 14.3. The lowest BCUT2D eigenvalue weighted by Crippen LogP contribution is -2.26. The van der Waals surface area contributed by atoms with Crippen LogP contribution >= 0.6 is 0 Å². The van der Waals surface area contributed by atoms with Crippen molar-refractivity contribution in [3.8, 4) is 59.2 Å². The van der Waals surface area contributed by atoms with Crippen molar-refractivity contribution in [1.82, 2.24) is 0 Å². The molecule has 0 aliphatic carbocycles. The molecule has 0 saturated heterocycles. The van der Waals surface area contributed by atoms with E-state index < -0.39 is 5.41 Å². The minimum Gasteiger partial charge on any atom is -0.103 e. The molecule has 2 unspecified atom stereocenters. The Morgan fingerprint density at radius 1 is 0.235 bits per heavy atom. The topological polar surface area (TPSA) is 0 Å². The smallest absolute Gasteiger partial charge is 0.103 e. The molecule has 0 radical (unpaired) electrons. The molecule has 0 rings (SSSR count). The van der Waals surface area contributed by atoms with Gasteiger partial charge in [-0.3, -0.25) is 0 Å². The van der Waals surface area contributed by atoms with E-state index >= 15 is 0 Å². The lowest BCUT2D eigenvalue weighted by Gasteiger charge is -2.24. The van der Waals surface area contributed by atoms with E-state index in [9.17, 15) is 0 Å². The minimum absolute atomic E-state index is 0.0355. The van der Waals surface area contributed by atoms with Crippen molar-refractivity contribution in [2.24, 2.45) is 11.3 Å². The van der Waals surface area contributed by atoms with Gasteiger partial charge in [-0.15, -0.1) is 17.8 Å². The minimum atomic E-state index is -0.740. The monoisotopic (exact) mass is 935 g/mol. The summed E-state index contributed by atoms with van der Waals surface area (Å²) in [7, 11) is 0. The van der Waals surface area contributed by atoms with Gasteiger partial charge in [0.05, 0.1) is 5.92 Å². The van der Waals surface area contributed by atoms with Crippen LogP contribution in [0.1, 0.15) is 362 Å². The molecule has 0 aromatic carbocycles. The van der Waals surface area contributed by atoms with Gasteiger partial charge in [-0.25, -0.2) is 0 Å². The molecule has 0 aromatic heterocycles. The summed E-state index contributed by atoms with van der Waals surface area (Å²) >= 11 is 0. The number of unbranched alkanes of at least 4 members (excludes halogenated alkanes) is 45. The maximum atomic E-state index is 3.88. The van der Waals surface area contributed by atoms with E-state index in [0.29, 0.717) is 0 Å². The van der Waals surface area contributed by atoms with E-state index in [-0.39, 0.29) is 5.92 Å². The zero-order valence-electron chi connectivity index (χ0n) is 47.1. The number of hydrogen-bond acceptors (Lipinski definition) is 0. The molecule has 0 saturated carbocycles. The fraction of sp³-hybridized carbons (Fsp3) is 0.853. The van der Waals surface area contributed by atoms with Crippen LogP contribution in [0.25, 0.3) is 0 Å². The molecule has 0 spiro atoms. The highest BCUT2D eigenvalue weighted by Gasteiger charge is 2.33. The van der Waals surface area contributed by atoms with Crippen LogP contribution in [0.15, 0.2) is 0 Å². The first kappa shape index (κ1) is 65.8. The Hall–Kier alpha value is -2.20. The maximum Gasteiger partial charge on any atom is 0.166 e. The van der Waals surface area contributed by atoms with Gasteiger partial charge >= 0.3 is 0 Å². The molecule has 0 aliphatic rings. The third kappa shape index (κ3) is 47.5. The Labute approximate surface area is 430 Å². The average molecular weight is 936 g/mol. The predicted octanol–water partition coefficient (Wildman–Crippen LogP) is 22.6. The highest BCUT2D eigenvalue weighted by Crippen LogP contribution is 2.32. The Morgan fingerprint density at radius 2 is 0.485 bits per heavy atom. The van der Waals surface area contributed by atoms with E-state index in [1.54, 1.807) is 0 Å². The van der Waals surface area contributed by atoms with Crippen LogP contribution < -0.4 is 0 Å². The molecule has 0 heterocycles. The van der Waals surface area contributed by atoms with Crippen LogP contribution in [0, 0.1) is 70.5 Å². The lowest BCUT2D eigenvalue weighted by molar-refractivity contribution is 0.441.